The van der Waals surface area contributed by atoms with E-state index >= 15 is 0 Å². The number of carbonyl (C=O) groups excluding carboxylic acids is 1. The van der Waals surface area contributed by atoms with Gasteiger partial charge in [0.15, 0.2) is 0 Å². The number of hydrogen-bond donors (Lipinski definition) is 2. The van der Waals surface area contributed by atoms with Crippen molar-refractivity contribution in [3.05, 3.63) is 30.1 Å². The SMILES string of the molecule is CCC(C)NC(=O)CNc1cccc(F)c1. The molecule has 1 unspecified atom stereocenters. The quantitative estimate of drug-likeness (QED) is 0.804. The molecule has 1 rings (SSSR count). The molecule has 0 aliphatic rings. The molecule has 88 valence electrons. The Hall–Kier alpha value is -1.58. The Morgan fingerprint density at radius 2 is 2.25 bits per heavy atom. The van der Waals surface area contributed by atoms with Gasteiger partial charge in [-0.1, -0.05) is 13.0 Å². The van der Waals surface area contributed by atoms with E-state index in [4.69, 9.17) is 0 Å². The van der Waals surface area contributed by atoms with Gasteiger partial charge in [0.1, 0.15) is 5.82 Å². The summed E-state index contributed by atoms with van der Waals surface area (Å²) in [5, 5.41) is 5.68. The van der Waals surface area contributed by atoms with Crippen molar-refractivity contribution in [2.45, 2.75) is 26.3 Å². The summed E-state index contributed by atoms with van der Waals surface area (Å²) in [5.41, 5.74) is 0.610. The predicted octanol–water partition coefficient (Wildman–Crippen LogP) is 2.15. The van der Waals surface area contributed by atoms with Crippen molar-refractivity contribution in [1.29, 1.82) is 0 Å². The van der Waals surface area contributed by atoms with E-state index in [1.54, 1.807) is 12.1 Å². The predicted molar refractivity (Wildman–Crippen MR) is 62.8 cm³/mol. The monoisotopic (exact) mass is 224 g/mol. The Kier molecular flexibility index (Phi) is 4.76. The Morgan fingerprint density at radius 3 is 2.88 bits per heavy atom. The van der Waals surface area contributed by atoms with Gasteiger partial charge >= 0.3 is 0 Å². The first kappa shape index (κ1) is 12.5. The molecule has 0 aromatic heterocycles. The van der Waals surface area contributed by atoms with Crippen LogP contribution in [0.25, 0.3) is 0 Å². The maximum atomic E-state index is 12.8. The smallest absolute Gasteiger partial charge is 0.239 e. The molecule has 0 bridgehead atoms. The van der Waals surface area contributed by atoms with Gasteiger partial charge in [0.25, 0.3) is 0 Å². The number of hydrogen-bond acceptors (Lipinski definition) is 2. The third-order valence-electron chi connectivity index (χ3n) is 2.30. The maximum absolute atomic E-state index is 12.8. The van der Waals surface area contributed by atoms with Crippen molar-refractivity contribution in [1.82, 2.24) is 5.32 Å². The molecule has 4 heteroatoms. The second-order valence-electron chi connectivity index (χ2n) is 3.74. The van der Waals surface area contributed by atoms with Gasteiger partial charge in [-0.15, -0.1) is 0 Å². The standard InChI is InChI=1S/C12H17FN2O/c1-3-9(2)15-12(16)8-14-11-6-4-5-10(13)7-11/h4-7,9,14H,3,8H2,1-2H3,(H,15,16). The summed E-state index contributed by atoms with van der Waals surface area (Å²) in [7, 11) is 0. The van der Waals surface area contributed by atoms with Crippen molar-refractivity contribution < 1.29 is 9.18 Å². The van der Waals surface area contributed by atoms with Crippen LogP contribution in [0.2, 0.25) is 0 Å². The van der Waals surface area contributed by atoms with Gasteiger partial charge in [0, 0.05) is 11.7 Å². The van der Waals surface area contributed by atoms with Gasteiger partial charge < -0.3 is 10.6 Å². The first-order chi connectivity index (χ1) is 7.61. The number of benzene rings is 1. The number of halogens is 1. The fraction of sp³-hybridized carbons (Fsp3) is 0.417. The van der Waals surface area contributed by atoms with Crippen molar-refractivity contribution in [3.63, 3.8) is 0 Å². The number of rotatable bonds is 5. The summed E-state index contributed by atoms with van der Waals surface area (Å²) < 4.78 is 12.8. The fourth-order valence-corrected chi connectivity index (χ4v) is 1.21. The van der Waals surface area contributed by atoms with Gasteiger partial charge in [-0.25, -0.2) is 4.39 Å². The molecule has 16 heavy (non-hydrogen) atoms. The molecule has 1 atom stereocenters. The van der Waals surface area contributed by atoms with Crippen LogP contribution >= 0.6 is 0 Å². The average molecular weight is 224 g/mol. The summed E-state index contributed by atoms with van der Waals surface area (Å²) in [6.45, 7) is 4.11. The molecule has 0 saturated carbocycles. The van der Waals surface area contributed by atoms with E-state index in [2.05, 4.69) is 10.6 Å². The molecule has 0 aliphatic heterocycles. The molecule has 2 N–H and O–H groups in total. The number of anilines is 1. The molecule has 0 spiro atoms. The third kappa shape index (κ3) is 4.29. The molecule has 1 aromatic carbocycles. The van der Waals surface area contributed by atoms with Crippen LogP contribution in [0.1, 0.15) is 20.3 Å². The van der Waals surface area contributed by atoms with Gasteiger partial charge in [-0.3, -0.25) is 4.79 Å². The maximum Gasteiger partial charge on any atom is 0.239 e. The highest BCUT2D eigenvalue weighted by Gasteiger charge is 2.04. The van der Waals surface area contributed by atoms with Crippen LogP contribution in [0.4, 0.5) is 10.1 Å². The lowest BCUT2D eigenvalue weighted by Crippen LogP contribution is -2.36. The summed E-state index contributed by atoms with van der Waals surface area (Å²) in [6.07, 6.45) is 0.895. The van der Waals surface area contributed by atoms with Gasteiger partial charge in [0.2, 0.25) is 5.91 Å². The van der Waals surface area contributed by atoms with Crippen LogP contribution in [0.5, 0.6) is 0 Å². The molecule has 0 aliphatic carbocycles. The summed E-state index contributed by atoms with van der Waals surface area (Å²) in [6, 6.07) is 6.21. The zero-order valence-corrected chi connectivity index (χ0v) is 9.59. The summed E-state index contributed by atoms with van der Waals surface area (Å²) >= 11 is 0. The summed E-state index contributed by atoms with van der Waals surface area (Å²) in [4.78, 5) is 11.4. The van der Waals surface area contributed by atoms with Crippen LogP contribution in [0.3, 0.4) is 0 Å². The van der Waals surface area contributed by atoms with E-state index < -0.39 is 0 Å². The highest BCUT2D eigenvalue weighted by Crippen LogP contribution is 2.08. The van der Waals surface area contributed by atoms with Crippen LogP contribution in [0, 0.1) is 5.82 Å². The second-order valence-corrected chi connectivity index (χ2v) is 3.74. The minimum atomic E-state index is -0.313. The number of carbonyl (C=O) groups is 1. The van der Waals surface area contributed by atoms with E-state index in [0.29, 0.717) is 5.69 Å². The first-order valence-corrected chi connectivity index (χ1v) is 5.40. The zero-order valence-electron chi connectivity index (χ0n) is 9.59. The average Bonchev–Trinajstić information content (AvgIpc) is 2.26. The van der Waals surface area contributed by atoms with Gasteiger partial charge in [-0.2, -0.15) is 0 Å². The lowest BCUT2D eigenvalue weighted by atomic mass is 10.2. The first-order valence-electron chi connectivity index (χ1n) is 5.40. The van der Waals surface area contributed by atoms with Crippen molar-refractivity contribution in [2.24, 2.45) is 0 Å². The van der Waals surface area contributed by atoms with Gasteiger partial charge in [0.05, 0.1) is 6.54 Å². The fourth-order valence-electron chi connectivity index (χ4n) is 1.21. The molecule has 1 amide bonds. The zero-order chi connectivity index (χ0) is 12.0. The molecule has 0 heterocycles. The minimum Gasteiger partial charge on any atom is -0.376 e. The van der Waals surface area contributed by atoms with Crippen molar-refractivity contribution >= 4 is 11.6 Å². The van der Waals surface area contributed by atoms with Crippen molar-refractivity contribution in [2.75, 3.05) is 11.9 Å². The van der Waals surface area contributed by atoms with Crippen LogP contribution in [0.15, 0.2) is 24.3 Å². The second kappa shape index (κ2) is 6.10. The highest BCUT2D eigenvalue weighted by molar-refractivity contribution is 5.80. The van der Waals surface area contributed by atoms with Crippen LogP contribution in [-0.4, -0.2) is 18.5 Å². The molecule has 3 nitrogen and oxygen atoms in total. The normalized spacial score (nSPS) is 11.9. The van der Waals surface area contributed by atoms with Crippen LogP contribution < -0.4 is 10.6 Å². The summed E-state index contributed by atoms with van der Waals surface area (Å²) in [5.74, 6) is -0.397. The molecular formula is C12H17FN2O. The third-order valence-corrected chi connectivity index (χ3v) is 2.30. The van der Waals surface area contributed by atoms with Crippen LogP contribution in [-0.2, 0) is 4.79 Å². The van der Waals surface area contributed by atoms with E-state index in [-0.39, 0.29) is 24.3 Å². The lowest BCUT2D eigenvalue weighted by Gasteiger charge is -2.12. The number of nitrogens with one attached hydrogen (secondary N) is 2. The minimum absolute atomic E-state index is 0.0846. The Balaban J connectivity index is 2.37. The molecule has 1 aromatic rings. The Morgan fingerprint density at radius 1 is 1.50 bits per heavy atom. The van der Waals surface area contributed by atoms with E-state index in [9.17, 15) is 9.18 Å². The lowest BCUT2D eigenvalue weighted by molar-refractivity contribution is -0.120. The Bertz CT molecular complexity index is 355. The highest BCUT2D eigenvalue weighted by atomic mass is 19.1. The molecule has 0 saturated heterocycles. The topological polar surface area (TPSA) is 41.1 Å². The van der Waals surface area contributed by atoms with Crippen molar-refractivity contribution in [3.8, 4) is 0 Å². The Labute approximate surface area is 95.0 Å². The molecule has 0 radical (unpaired) electrons. The van der Waals surface area contributed by atoms with E-state index in [1.807, 2.05) is 13.8 Å². The van der Waals surface area contributed by atoms with Gasteiger partial charge in [-0.05, 0) is 31.5 Å². The van der Waals surface area contributed by atoms with E-state index in [1.165, 1.54) is 12.1 Å². The van der Waals surface area contributed by atoms with E-state index in [0.717, 1.165) is 6.42 Å². The molecule has 0 fully saturated rings. The largest absolute Gasteiger partial charge is 0.376 e. The number of amides is 1. The molecular weight excluding hydrogens is 207 g/mol.